The van der Waals surface area contributed by atoms with E-state index in [0.29, 0.717) is 11.3 Å². The summed E-state index contributed by atoms with van der Waals surface area (Å²) in [5.41, 5.74) is 2.05. The molecule has 0 amide bonds. The van der Waals surface area contributed by atoms with Crippen molar-refractivity contribution in [2.24, 2.45) is 0 Å². The highest BCUT2D eigenvalue weighted by atomic mass is 16.1. The highest BCUT2D eigenvalue weighted by Gasteiger charge is 2.10. The van der Waals surface area contributed by atoms with Crippen LogP contribution in [0, 0.1) is 0 Å². The van der Waals surface area contributed by atoms with E-state index in [0.717, 1.165) is 16.5 Å². The minimum absolute atomic E-state index is 0.324. The molecule has 0 atom stereocenters. The molecule has 0 N–H and O–H groups in total. The minimum atomic E-state index is -0.336. The third-order valence-corrected chi connectivity index (χ3v) is 3.33. The fraction of sp³-hybridized carbons (Fsp3) is 0. The van der Waals surface area contributed by atoms with Crippen molar-refractivity contribution in [1.29, 1.82) is 0 Å². The summed E-state index contributed by atoms with van der Waals surface area (Å²) in [6.45, 7) is 0. The van der Waals surface area contributed by atoms with Crippen molar-refractivity contribution in [2.75, 3.05) is 0 Å². The Morgan fingerprint density at radius 2 is 1.67 bits per heavy atom. The minimum Gasteiger partial charge on any atom is -0.265 e. The molecule has 0 fully saturated rings. The average Bonchev–Trinajstić information content (AvgIpc) is 2.55. The Morgan fingerprint density at radius 3 is 2.52 bits per heavy atom. The van der Waals surface area contributed by atoms with E-state index in [2.05, 4.69) is 15.1 Å². The summed E-state index contributed by atoms with van der Waals surface area (Å²) in [6.07, 6.45) is 1.58. The van der Waals surface area contributed by atoms with Gasteiger partial charge in [-0.2, -0.15) is 10.1 Å². The van der Waals surface area contributed by atoms with E-state index in [1.807, 2.05) is 54.6 Å². The first-order valence-electron chi connectivity index (χ1n) is 6.53. The molecule has 2 aromatic carbocycles. The smallest absolute Gasteiger partial charge is 0.265 e. The summed E-state index contributed by atoms with van der Waals surface area (Å²) in [5, 5.41) is 5.18. The first kappa shape index (κ1) is 11.7. The lowest BCUT2D eigenvalue weighted by Crippen LogP contribution is -2.16. The summed E-state index contributed by atoms with van der Waals surface area (Å²) in [5.74, 6) is 0. The molecule has 0 unspecified atom stereocenters. The zero-order valence-corrected chi connectivity index (χ0v) is 11.0. The Bertz CT molecular complexity index is 1010. The normalized spacial score (nSPS) is 11.0. The average molecular weight is 274 g/mol. The lowest BCUT2D eigenvalue weighted by Gasteiger charge is -2.05. The zero-order chi connectivity index (χ0) is 14.2. The number of fused-ring (bicyclic) bond motifs is 3. The van der Waals surface area contributed by atoms with Crippen LogP contribution in [-0.2, 0) is 0 Å². The van der Waals surface area contributed by atoms with E-state index in [4.69, 9.17) is 0 Å². The van der Waals surface area contributed by atoms with Crippen molar-refractivity contribution in [3.8, 4) is 11.3 Å². The largest absolute Gasteiger partial charge is 0.300 e. The Kier molecular flexibility index (Phi) is 2.50. The quantitative estimate of drug-likeness (QED) is 0.500. The molecule has 5 nitrogen and oxygen atoms in total. The molecule has 0 saturated carbocycles. The topological polar surface area (TPSA) is 60.2 Å². The summed E-state index contributed by atoms with van der Waals surface area (Å²) >= 11 is 0. The summed E-state index contributed by atoms with van der Waals surface area (Å²) in [6, 6.07) is 16.9. The van der Waals surface area contributed by atoms with Gasteiger partial charge in [0.25, 0.3) is 5.56 Å². The molecule has 4 aromatic rings. The molecule has 0 aliphatic carbocycles. The Balaban J connectivity index is 2.08. The van der Waals surface area contributed by atoms with Gasteiger partial charge in [-0.25, -0.2) is 9.50 Å². The van der Waals surface area contributed by atoms with Crippen molar-refractivity contribution in [3.63, 3.8) is 0 Å². The maximum atomic E-state index is 12.3. The van der Waals surface area contributed by atoms with Crippen LogP contribution < -0.4 is 5.56 Å². The maximum absolute atomic E-state index is 12.3. The van der Waals surface area contributed by atoms with Crippen molar-refractivity contribution in [3.05, 3.63) is 71.3 Å². The van der Waals surface area contributed by atoms with Crippen molar-refractivity contribution < 1.29 is 0 Å². The van der Waals surface area contributed by atoms with Crippen molar-refractivity contribution in [1.82, 2.24) is 19.6 Å². The van der Waals surface area contributed by atoms with Crippen LogP contribution in [0.3, 0.4) is 0 Å². The van der Waals surface area contributed by atoms with E-state index in [1.54, 1.807) is 10.8 Å². The van der Waals surface area contributed by atoms with E-state index in [1.165, 1.54) is 0 Å². The number of hydrogen-bond donors (Lipinski definition) is 0. The Labute approximate surface area is 119 Å². The molecule has 5 heteroatoms. The predicted molar refractivity (Wildman–Crippen MR) is 80.0 cm³/mol. The van der Waals surface area contributed by atoms with Gasteiger partial charge in [-0.05, 0) is 12.1 Å². The molecule has 0 aliphatic rings. The van der Waals surface area contributed by atoms with Crippen LogP contribution in [0.25, 0.3) is 27.8 Å². The molecular formula is C16H10N4O. The molecule has 0 radical (unpaired) electrons. The highest BCUT2D eigenvalue weighted by molar-refractivity contribution is 5.90. The van der Waals surface area contributed by atoms with Gasteiger partial charge < -0.3 is 0 Å². The van der Waals surface area contributed by atoms with Crippen LogP contribution in [0.2, 0.25) is 0 Å². The van der Waals surface area contributed by atoms with Gasteiger partial charge >= 0.3 is 0 Å². The summed E-state index contributed by atoms with van der Waals surface area (Å²) in [4.78, 5) is 20.8. The number of hydrogen-bond acceptors (Lipinski definition) is 4. The van der Waals surface area contributed by atoms with Crippen LogP contribution in [0.5, 0.6) is 0 Å². The standard InChI is InChI=1S/C16H10N4O/c21-16-14(11-6-2-1-3-7-11)19-20-10-17-13-9-5-4-8-12(13)15(20)18-16/h1-10H. The molecule has 4 rings (SSSR count). The number of rotatable bonds is 1. The molecule has 0 bridgehead atoms. The SMILES string of the molecule is O=c1nc2c3ccccc3ncn2nc1-c1ccccc1. The van der Waals surface area contributed by atoms with Crippen LogP contribution in [-0.4, -0.2) is 19.6 Å². The number of nitrogens with zero attached hydrogens (tertiary/aromatic N) is 4. The second-order valence-corrected chi connectivity index (χ2v) is 4.66. The lowest BCUT2D eigenvalue weighted by molar-refractivity contribution is 0.871. The summed E-state index contributed by atoms with van der Waals surface area (Å²) < 4.78 is 1.55. The highest BCUT2D eigenvalue weighted by Crippen LogP contribution is 2.16. The third kappa shape index (κ3) is 1.87. The molecule has 2 aromatic heterocycles. The molecule has 21 heavy (non-hydrogen) atoms. The molecular weight excluding hydrogens is 264 g/mol. The number of benzene rings is 2. The maximum Gasteiger partial charge on any atom is 0.300 e. The van der Waals surface area contributed by atoms with Gasteiger partial charge in [0, 0.05) is 10.9 Å². The van der Waals surface area contributed by atoms with Gasteiger partial charge in [0.1, 0.15) is 6.33 Å². The monoisotopic (exact) mass is 274 g/mol. The van der Waals surface area contributed by atoms with Gasteiger partial charge in [-0.1, -0.05) is 42.5 Å². The molecule has 0 saturated heterocycles. The van der Waals surface area contributed by atoms with Crippen LogP contribution in [0.1, 0.15) is 0 Å². The van der Waals surface area contributed by atoms with E-state index < -0.39 is 0 Å². The predicted octanol–water partition coefficient (Wildman–Crippen LogP) is 2.30. The van der Waals surface area contributed by atoms with Gasteiger partial charge in [0.05, 0.1) is 5.52 Å². The molecule has 0 aliphatic heterocycles. The second-order valence-electron chi connectivity index (χ2n) is 4.66. The van der Waals surface area contributed by atoms with E-state index in [9.17, 15) is 4.79 Å². The third-order valence-electron chi connectivity index (χ3n) is 3.33. The fourth-order valence-electron chi connectivity index (χ4n) is 2.33. The first-order valence-corrected chi connectivity index (χ1v) is 6.53. The van der Waals surface area contributed by atoms with Crippen molar-refractivity contribution in [2.45, 2.75) is 0 Å². The van der Waals surface area contributed by atoms with Gasteiger partial charge in [-0.15, -0.1) is 0 Å². The Morgan fingerprint density at radius 1 is 0.905 bits per heavy atom. The number of aromatic nitrogens is 4. The van der Waals surface area contributed by atoms with Gasteiger partial charge in [0.15, 0.2) is 11.3 Å². The van der Waals surface area contributed by atoms with Gasteiger partial charge in [0.2, 0.25) is 0 Å². The van der Waals surface area contributed by atoms with Gasteiger partial charge in [-0.3, -0.25) is 4.79 Å². The zero-order valence-electron chi connectivity index (χ0n) is 11.0. The Hall–Kier alpha value is -3.08. The fourth-order valence-corrected chi connectivity index (χ4v) is 2.33. The van der Waals surface area contributed by atoms with E-state index >= 15 is 0 Å². The van der Waals surface area contributed by atoms with Crippen molar-refractivity contribution >= 4 is 16.6 Å². The summed E-state index contributed by atoms with van der Waals surface area (Å²) in [7, 11) is 0. The van der Waals surface area contributed by atoms with Crippen LogP contribution in [0.15, 0.2) is 65.7 Å². The second kappa shape index (κ2) is 4.49. The first-order chi connectivity index (χ1) is 10.3. The molecule has 2 heterocycles. The van der Waals surface area contributed by atoms with Crippen LogP contribution in [0.4, 0.5) is 0 Å². The van der Waals surface area contributed by atoms with Crippen LogP contribution >= 0.6 is 0 Å². The van der Waals surface area contributed by atoms with E-state index in [-0.39, 0.29) is 5.56 Å². The lowest BCUT2D eigenvalue weighted by atomic mass is 10.2. The molecule has 100 valence electrons. The number of para-hydroxylation sites is 1. The molecule has 0 spiro atoms.